The lowest BCUT2D eigenvalue weighted by Gasteiger charge is -2.63. The van der Waals surface area contributed by atoms with Crippen molar-refractivity contribution < 1.29 is 29.0 Å². The molecule has 4 atom stereocenters. The molecule has 0 unspecified atom stereocenters. The van der Waals surface area contributed by atoms with Gasteiger partial charge in [-0.25, -0.2) is 9.97 Å². The zero-order valence-corrected chi connectivity index (χ0v) is 44.4. The number of aromatic nitrogens is 2. The van der Waals surface area contributed by atoms with E-state index in [0.717, 1.165) is 66.5 Å². The van der Waals surface area contributed by atoms with E-state index in [0.29, 0.717) is 27.9 Å². The largest absolute Gasteiger partial charge is 0.489 e. The number of aryl methyl sites for hydroxylation is 1. The number of piperazine rings is 1. The maximum atomic E-state index is 14.2. The Morgan fingerprint density at radius 2 is 1.65 bits per heavy atom. The van der Waals surface area contributed by atoms with Gasteiger partial charge in [-0.2, -0.15) is 5.26 Å². The molecule has 4 aliphatic rings. The number of benzene rings is 2. The van der Waals surface area contributed by atoms with Gasteiger partial charge in [-0.3, -0.25) is 24.1 Å². The molecule has 5 N–H and O–H groups in total. The van der Waals surface area contributed by atoms with Crippen molar-refractivity contribution in [1.29, 1.82) is 5.26 Å². The van der Waals surface area contributed by atoms with Crippen molar-refractivity contribution in [2.75, 3.05) is 44.2 Å². The van der Waals surface area contributed by atoms with Crippen molar-refractivity contribution in [3.05, 3.63) is 93.7 Å². The Balaban J connectivity index is 0.759. The van der Waals surface area contributed by atoms with E-state index in [9.17, 15) is 29.5 Å². The number of anilines is 1. The summed E-state index contributed by atoms with van der Waals surface area (Å²) < 4.78 is 6.38. The number of carbonyl (C=O) groups is 4. The smallest absolute Gasteiger partial charge is 0.253 e. The number of nitriles is 1. The molecule has 4 aromatic rings. The summed E-state index contributed by atoms with van der Waals surface area (Å²) in [6, 6.07) is 17.1. The normalized spacial score (nSPS) is 24.5. The Hall–Kier alpha value is -5.64. The van der Waals surface area contributed by atoms with E-state index in [1.54, 1.807) is 35.7 Å². The summed E-state index contributed by atoms with van der Waals surface area (Å²) in [6.07, 6.45) is 2.48. The number of rotatable bonds is 15. The van der Waals surface area contributed by atoms with Gasteiger partial charge in [-0.15, -0.1) is 11.3 Å². The van der Waals surface area contributed by atoms with Crippen molar-refractivity contribution in [1.82, 2.24) is 41.0 Å². The van der Waals surface area contributed by atoms with Crippen LogP contribution in [0.15, 0.2) is 66.3 Å². The summed E-state index contributed by atoms with van der Waals surface area (Å²) in [4.78, 5) is 71.2. The van der Waals surface area contributed by atoms with Crippen LogP contribution in [0.1, 0.15) is 108 Å². The van der Waals surface area contributed by atoms with Crippen LogP contribution in [-0.4, -0.2) is 130 Å². The lowest BCUT2D eigenvalue weighted by atomic mass is 9.49. The SMILES string of the molecule is Cc1ncsc1-c1ccc([C@H](C)NC(=O)[C@@H]2C[C@@H](O)CN2C(=O)[C@@H](NC(=O)CN[C@H]2C[C@H](N3CCN(c4ccc(C(=O)N[C@H]5C(C)(C)[C@H](Oc6ccc(C#N)c(Cl)c6)C5(C)C)cn4)CC3)C2)C(C)(C)C)cc1. The number of ether oxygens (including phenoxy) is 1. The maximum absolute atomic E-state index is 14.2. The maximum Gasteiger partial charge on any atom is 0.253 e. The molecule has 0 bridgehead atoms. The van der Waals surface area contributed by atoms with Gasteiger partial charge in [-0.05, 0) is 67.5 Å². The van der Waals surface area contributed by atoms with Gasteiger partial charge in [-0.1, -0.05) is 84.3 Å². The van der Waals surface area contributed by atoms with Crippen molar-refractivity contribution in [2.24, 2.45) is 16.2 Å². The second-order valence-electron chi connectivity index (χ2n) is 22.3. The third kappa shape index (κ3) is 11.1. The van der Waals surface area contributed by atoms with Gasteiger partial charge in [0.15, 0.2) is 0 Å². The minimum absolute atomic E-state index is 0.00530. The van der Waals surface area contributed by atoms with Gasteiger partial charge in [0, 0.05) is 80.4 Å². The second-order valence-corrected chi connectivity index (χ2v) is 23.6. The Morgan fingerprint density at radius 1 is 0.958 bits per heavy atom. The topological polar surface area (TPSA) is 205 Å². The number of halogens is 1. The molecular formula is C54H69ClN10O6S. The summed E-state index contributed by atoms with van der Waals surface area (Å²) >= 11 is 7.84. The molecule has 2 aliphatic carbocycles. The lowest BCUT2D eigenvalue weighted by molar-refractivity contribution is -0.164. The number of hydrogen-bond donors (Lipinski definition) is 5. The molecule has 72 heavy (non-hydrogen) atoms. The highest BCUT2D eigenvalue weighted by molar-refractivity contribution is 7.13. The zero-order chi connectivity index (χ0) is 51.9. The lowest BCUT2D eigenvalue weighted by Crippen LogP contribution is -2.74. The summed E-state index contributed by atoms with van der Waals surface area (Å²) in [5.41, 5.74) is 4.19. The molecule has 2 aliphatic heterocycles. The molecule has 4 heterocycles. The Labute approximate surface area is 432 Å². The van der Waals surface area contributed by atoms with E-state index in [-0.39, 0.29) is 72.3 Å². The minimum atomic E-state index is -0.912. The number of hydrogen-bond acceptors (Lipinski definition) is 13. The average Bonchev–Trinajstić information content (AvgIpc) is 3.95. The van der Waals surface area contributed by atoms with E-state index in [2.05, 4.69) is 69.8 Å². The number of carbonyl (C=O) groups excluding carboxylic acids is 4. The number of likely N-dealkylation sites (tertiary alicyclic amines) is 1. The number of thiazole rings is 1. The third-order valence-electron chi connectivity index (χ3n) is 15.3. The molecule has 2 aromatic heterocycles. The number of amides is 4. The van der Waals surface area contributed by atoms with Crippen LogP contribution in [0.5, 0.6) is 5.75 Å². The number of nitrogens with one attached hydrogen (secondary N) is 4. The van der Waals surface area contributed by atoms with Gasteiger partial charge in [0.05, 0.1) is 50.9 Å². The molecule has 8 rings (SSSR count). The van der Waals surface area contributed by atoms with Crippen LogP contribution < -0.4 is 30.9 Å². The van der Waals surface area contributed by atoms with Crippen molar-refractivity contribution in [3.63, 3.8) is 0 Å². The first kappa shape index (κ1) is 52.7. The standard InChI is InChI=1S/C54H69ClN10O6S/c1-31(33-10-12-34(13-11-33)45-32(2)59-30-72-45)60-48(69)42-24-39(66)29-65(42)49(70)46(52(3,4)5)61-44(67)28-57-37-22-38(23-37)63-18-20-64(21-19-63)43-17-15-36(27-58-43)47(68)62-50-53(6,7)51(54(50,8)9)71-40-16-14-35(26-56)41(55)25-40/h10-17,25,27,30-31,37-39,42,46,50-51,57,66H,18-24,28-29H2,1-9H3,(H,60,69)(H,61,67)(H,62,68)/t31-,37-,38-,39+,42-,46+,50-,51-/m0/s1. The van der Waals surface area contributed by atoms with E-state index >= 15 is 0 Å². The molecule has 0 radical (unpaired) electrons. The molecular weight excluding hydrogens is 952 g/mol. The monoisotopic (exact) mass is 1020 g/mol. The van der Waals surface area contributed by atoms with E-state index in [4.69, 9.17) is 21.3 Å². The van der Waals surface area contributed by atoms with Gasteiger partial charge in [0.25, 0.3) is 5.91 Å². The molecule has 2 saturated heterocycles. The molecule has 0 spiro atoms. The number of aliphatic hydroxyl groups excluding tert-OH is 1. The fourth-order valence-electron chi connectivity index (χ4n) is 11.4. The van der Waals surface area contributed by atoms with Gasteiger partial charge >= 0.3 is 0 Å². The van der Waals surface area contributed by atoms with Crippen LogP contribution >= 0.6 is 22.9 Å². The van der Waals surface area contributed by atoms with Crippen molar-refractivity contribution in [3.8, 4) is 22.3 Å². The molecule has 384 valence electrons. The average molecular weight is 1020 g/mol. The number of aliphatic hydroxyl groups is 1. The van der Waals surface area contributed by atoms with Crippen LogP contribution in [0.4, 0.5) is 5.82 Å². The summed E-state index contributed by atoms with van der Waals surface area (Å²) in [7, 11) is 0. The number of nitrogens with zero attached hydrogens (tertiary/aromatic N) is 6. The first-order valence-corrected chi connectivity index (χ1v) is 26.2. The predicted molar refractivity (Wildman–Crippen MR) is 279 cm³/mol. The number of β-amino-alcohol motifs (C(OH)–C–C–N with tert-alkyl or cyclic N) is 1. The first-order chi connectivity index (χ1) is 34.0. The molecule has 4 fully saturated rings. The summed E-state index contributed by atoms with van der Waals surface area (Å²) in [5.74, 6) is 0.169. The molecule has 4 amide bonds. The Kier molecular flexibility index (Phi) is 15.4. The van der Waals surface area contributed by atoms with Crippen LogP contribution in [0.2, 0.25) is 5.02 Å². The first-order valence-electron chi connectivity index (χ1n) is 25.0. The van der Waals surface area contributed by atoms with Gasteiger partial charge < -0.3 is 40.9 Å². The minimum Gasteiger partial charge on any atom is -0.489 e. The molecule has 2 aromatic carbocycles. The molecule has 2 saturated carbocycles. The summed E-state index contributed by atoms with van der Waals surface area (Å²) in [6.45, 7) is 21.2. The van der Waals surface area contributed by atoms with E-state index in [1.807, 2.05) is 76.5 Å². The Morgan fingerprint density at radius 3 is 2.25 bits per heavy atom. The van der Waals surface area contributed by atoms with E-state index < -0.39 is 29.5 Å². The predicted octanol–water partition coefficient (Wildman–Crippen LogP) is 6.26. The quantitative estimate of drug-likeness (QED) is 0.0895. The summed E-state index contributed by atoms with van der Waals surface area (Å²) in [5, 5.41) is 32.9. The molecule has 16 nitrogen and oxygen atoms in total. The highest BCUT2D eigenvalue weighted by Gasteiger charge is 2.64. The van der Waals surface area contributed by atoms with Crippen LogP contribution in [0.3, 0.4) is 0 Å². The number of pyridine rings is 1. The zero-order valence-electron chi connectivity index (χ0n) is 42.8. The molecule has 18 heteroatoms. The highest BCUT2D eigenvalue weighted by atomic mass is 35.5. The van der Waals surface area contributed by atoms with E-state index in [1.165, 1.54) is 4.90 Å². The third-order valence-corrected chi connectivity index (χ3v) is 16.6. The Bertz CT molecular complexity index is 2650. The van der Waals surface area contributed by atoms with Crippen LogP contribution in [0, 0.1) is 34.5 Å². The van der Waals surface area contributed by atoms with Crippen molar-refractivity contribution >= 4 is 52.4 Å². The van der Waals surface area contributed by atoms with Gasteiger partial charge in [0.1, 0.15) is 35.8 Å². The van der Waals surface area contributed by atoms with Crippen molar-refractivity contribution in [2.45, 2.75) is 130 Å². The highest BCUT2D eigenvalue weighted by Crippen LogP contribution is 2.55. The fraction of sp³-hybridized carbons (Fsp3) is 0.537. The van der Waals surface area contributed by atoms with Gasteiger partial charge in [0.2, 0.25) is 17.7 Å². The second kappa shape index (κ2) is 21.1. The van der Waals surface area contributed by atoms with Crippen LogP contribution in [0.25, 0.3) is 10.4 Å². The van der Waals surface area contributed by atoms with Crippen LogP contribution in [-0.2, 0) is 14.4 Å². The fourth-order valence-corrected chi connectivity index (χ4v) is 12.4.